The molecule has 0 amide bonds. The second-order valence-corrected chi connectivity index (χ2v) is 5.76. The van der Waals surface area contributed by atoms with Crippen molar-refractivity contribution in [3.63, 3.8) is 0 Å². The van der Waals surface area contributed by atoms with E-state index in [1.165, 1.54) is 35.2 Å². The normalized spacial score (nSPS) is 11.4. The maximum Gasteiger partial charge on any atom is 0.265 e. The topological polar surface area (TPSA) is 92.2 Å². The summed E-state index contributed by atoms with van der Waals surface area (Å²) in [6, 6.07) is 3.00. The summed E-state index contributed by atoms with van der Waals surface area (Å²) in [6.45, 7) is -0.179. The number of aliphatic hydroxyl groups excluding tert-OH is 1. The van der Waals surface area contributed by atoms with Gasteiger partial charge in [-0.15, -0.1) is 11.3 Å². The monoisotopic (exact) mass is 271 g/mol. The quantitative estimate of drug-likeness (QED) is 0.859. The lowest BCUT2D eigenvalue weighted by molar-refractivity contribution is 0.285. The average molecular weight is 271 g/mol. The Bertz CT molecular complexity index is 595. The minimum atomic E-state index is -3.68. The van der Waals surface area contributed by atoms with Gasteiger partial charge in [-0.2, -0.15) is 0 Å². The van der Waals surface area contributed by atoms with E-state index in [4.69, 9.17) is 5.11 Å². The molecule has 2 N–H and O–H groups in total. The van der Waals surface area contributed by atoms with Crippen molar-refractivity contribution < 1.29 is 13.5 Å². The lowest BCUT2D eigenvalue weighted by Gasteiger charge is -2.03. The van der Waals surface area contributed by atoms with Gasteiger partial charge in [0, 0.05) is 22.7 Å². The summed E-state index contributed by atoms with van der Waals surface area (Å²) in [5, 5.41) is 10.3. The maximum absolute atomic E-state index is 11.9. The molecular weight excluding hydrogens is 262 g/mol. The summed E-state index contributed by atoms with van der Waals surface area (Å²) >= 11 is 1.18. The van der Waals surface area contributed by atoms with E-state index < -0.39 is 10.0 Å². The zero-order valence-corrected chi connectivity index (χ0v) is 10.2. The summed E-state index contributed by atoms with van der Waals surface area (Å²) in [5.74, 6) is 0.0178. The van der Waals surface area contributed by atoms with Crippen LogP contribution in [0.4, 0.5) is 5.95 Å². The second-order valence-electron chi connectivity index (χ2n) is 3.08. The molecule has 2 aromatic rings. The molecule has 0 aliphatic heterocycles. The molecule has 2 rings (SSSR count). The van der Waals surface area contributed by atoms with E-state index in [-0.39, 0.29) is 17.5 Å². The zero-order chi connectivity index (χ0) is 12.3. The van der Waals surface area contributed by atoms with Crippen molar-refractivity contribution in [3.05, 3.63) is 34.8 Å². The van der Waals surface area contributed by atoms with Crippen LogP contribution in [-0.2, 0) is 16.6 Å². The second kappa shape index (κ2) is 4.78. The number of hydrogen-bond acceptors (Lipinski definition) is 6. The molecule has 0 atom stereocenters. The number of sulfonamides is 1. The number of nitrogens with zero attached hydrogens (tertiary/aromatic N) is 2. The third-order valence-electron chi connectivity index (χ3n) is 1.89. The molecule has 0 saturated heterocycles. The van der Waals surface area contributed by atoms with E-state index in [9.17, 15) is 8.42 Å². The fraction of sp³-hybridized carbons (Fsp3) is 0.111. The molecule has 0 radical (unpaired) electrons. The Balaban J connectivity index is 2.25. The van der Waals surface area contributed by atoms with Gasteiger partial charge >= 0.3 is 0 Å². The molecule has 6 nitrogen and oxygen atoms in total. The summed E-state index contributed by atoms with van der Waals surface area (Å²) in [7, 11) is -3.68. The number of nitrogens with one attached hydrogen (secondary N) is 1. The SMILES string of the molecule is O=S(=O)(Nc1ncccn1)c1csc(CO)c1. The average Bonchev–Trinajstić information content (AvgIpc) is 2.79. The van der Waals surface area contributed by atoms with Crippen LogP contribution in [0.25, 0.3) is 0 Å². The predicted octanol–water partition coefficient (Wildman–Crippen LogP) is 0.831. The summed E-state index contributed by atoms with van der Waals surface area (Å²) < 4.78 is 26.0. The number of aliphatic hydroxyl groups is 1. The third kappa shape index (κ3) is 2.78. The van der Waals surface area contributed by atoms with Crippen LogP contribution in [0.15, 0.2) is 34.8 Å². The van der Waals surface area contributed by atoms with Crippen LogP contribution in [0.3, 0.4) is 0 Å². The van der Waals surface area contributed by atoms with Gasteiger partial charge in [0.15, 0.2) is 0 Å². The molecule has 2 heterocycles. The minimum absolute atomic E-state index is 0.0178. The Labute approximate surface area is 102 Å². The van der Waals surface area contributed by atoms with Gasteiger partial charge in [-0.25, -0.2) is 23.1 Å². The molecule has 2 aromatic heterocycles. The van der Waals surface area contributed by atoms with E-state index in [2.05, 4.69) is 14.7 Å². The first-order valence-electron chi connectivity index (χ1n) is 4.60. The van der Waals surface area contributed by atoms with Gasteiger partial charge in [0.2, 0.25) is 5.95 Å². The number of anilines is 1. The third-order valence-corrected chi connectivity index (χ3v) is 4.27. The molecule has 0 aliphatic rings. The molecule has 0 saturated carbocycles. The molecule has 8 heteroatoms. The smallest absolute Gasteiger partial charge is 0.265 e. The van der Waals surface area contributed by atoms with Crippen LogP contribution in [0.1, 0.15) is 4.88 Å². The minimum Gasteiger partial charge on any atom is -0.391 e. The van der Waals surface area contributed by atoms with E-state index in [0.717, 1.165) is 0 Å². The Hall–Kier alpha value is -1.51. The van der Waals surface area contributed by atoms with Crippen LogP contribution in [-0.4, -0.2) is 23.5 Å². The van der Waals surface area contributed by atoms with Gasteiger partial charge in [0.05, 0.1) is 11.5 Å². The Morgan fingerprint density at radius 1 is 1.35 bits per heavy atom. The van der Waals surface area contributed by atoms with Gasteiger partial charge in [-0.05, 0) is 12.1 Å². The van der Waals surface area contributed by atoms with Gasteiger partial charge < -0.3 is 5.11 Å². The van der Waals surface area contributed by atoms with Gasteiger partial charge in [0.25, 0.3) is 10.0 Å². The number of hydrogen-bond donors (Lipinski definition) is 2. The predicted molar refractivity (Wildman–Crippen MR) is 63.1 cm³/mol. The first-order chi connectivity index (χ1) is 8.12. The van der Waals surface area contributed by atoms with Crippen molar-refractivity contribution in [2.24, 2.45) is 0 Å². The molecule has 0 spiro atoms. The fourth-order valence-electron chi connectivity index (χ4n) is 1.12. The summed E-state index contributed by atoms with van der Waals surface area (Å²) in [5.41, 5.74) is 0. The zero-order valence-electron chi connectivity index (χ0n) is 8.57. The van der Waals surface area contributed by atoms with Crippen LogP contribution >= 0.6 is 11.3 Å². The molecule has 0 fully saturated rings. The van der Waals surface area contributed by atoms with E-state index in [1.54, 1.807) is 6.07 Å². The number of rotatable bonds is 4. The van der Waals surface area contributed by atoms with E-state index >= 15 is 0 Å². The van der Waals surface area contributed by atoms with E-state index in [0.29, 0.717) is 4.88 Å². The summed E-state index contributed by atoms with van der Waals surface area (Å²) in [4.78, 5) is 8.22. The highest BCUT2D eigenvalue weighted by Gasteiger charge is 2.17. The van der Waals surface area contributed by atoms with Crippen LogP contribution in [0.5, 0.6) is 0 Å². The lowest BCUT2D eigenvalue weighted by atomic mass is 10.5. The highest BCUT2D eigenvalue weighted by atomic mass is 32.2. The van der Waals surface area contributed by atoms with Gasteiger partial charge in [0.1, 0.15) is 0 Å². The van der Waals surface area contributed by atoms with Crippen molar-refractivity contribution in [2.75, 3.05) is 4.72 Å². The lowest BCUT2D eigenvalue weighted by Crippen LogP contribution is -2.14. The van der Waals surface area contributed by atoms with Crippen molar-refractivity contribution in [2.45, 2.75) is 11.5 Å². The number of thiophene rings is 1. The first-order valence-corrected chi connectivity index (χ1v) is 6.96. The molecule has 0 bridgehead atoms. The Morgan fingerprint density at radius 3 is 2.65 bits per heavy atom. The molecule has 90 valence electrons. The Morgan fingerprint density at radius 2 is 2.06 bits per heavy atom. The molecule has 0 unspecified atom stereocenters. The van der Waals surface area contributed by atoms with Crippen LogP contribution in [0, 0.1) is 0 Å². The van der Waals surface area contributed by atoms with Crippen molar-refractivity contribution in [3.8, 4) is 0 Å². The maximum atomic E-state index is 11.9. The van der Waals surface area contributed by atoms with Crippen molar-refractivity contribution in [1.29, 1.82) is 0 Å². The van der Waals surface area contributed by atoms with Crippen LogP contribution in [0.2, 0.25) is 0 Å². The largest absolute Gasteiger partial charge is 0.391 e. The van der Waals surface area contributed by atoms with Crippen molar-refractivity contribution in [1.82, 2.24) is 9.97 Å². The number of aromatic nitrogens is 2. The molecule has 17 heavy (non-hydrogen) atoms. The molecule has 0 aliphatic carbocycles. The summed E-state index contributed by atoms with van der Waals surface area (Å²) in [6.07, 6.45) is 2.88. The van der Waals surface area contributed by atoms with Crippen molar-refractivity contribution >= 4 is 27.3 Å². The fourth-order valence-corrected chi connectivity index (χ4v) is 3.21. The molecular formula is C9H9N3O3S2. The van der Waals surface area contributed by atoms with Gasteiger partial charge in [-0.3, -0.25) is 0 Å². The standard InChI is InChI=1S/C9H9N3O3S2/c13-5-7-4-8(6-16-7)17(14,15)12-9-10-2-1-3-11-9/h1-4,6,13H,5H2,(H,10,11,12). The van der Waals surface area contributed by atoms with Crippen LogP contribution < -0.4 is 4.72 Å². The Kier molecular flexibility index (Phi) is 3.36. The highest BCUT2D eigenvalue weighted by Crippen LogP contribution is 2.20. The highest BCUT2D eigenvalue weighted by molar-refractivity contribution is 7.92. The first kappa shape index (κ1) is 12.0. The van der Waals surface area contributed by atoms with E-state index in [1.807, 2.05) is 0 Å². The van der Waals surface area contributed by atoms with Gasteiger partial charge in [-0.1, -0.05) is 0 Å². The molecule has 0 aromatic carbocycles.